The molecule has 20 heavy (non-hydrogen) atoms. The Morgan fingerprint density at radius 2 is 1.85 bits per heavy atom. The highest BCUT2D eigenvalue weighted by Crippen LogP contribution is 2.26. The predicted molar refractivity (Wildman–Crippen MR) is 79.7 cm³/mol. The van der Waals surface area contributed by atoms with E-state index in [9.17, 15) is 9.59 Å². The summed E-state index contributed by atoms with van der Waals surface area (Å²) in [7, 11) is 3.04. The van der Waals surface area contributed by atoms with Crippen molar-refractivity contribution in [2.45, 2.75) is 0 Å². The van der Waals surface area contributed by atoms with Crippen LogP contribution >= 0.6 is 15.9 Å². The van der Waals surface area contributed by atoms with Gasteiger partial charge in [0.05, 0.1) is 0 Å². The summed E-state index contributed by atoms with van der Waals surface area (Å²) < 4.78 is 3.28. The maximum absolute atomic E-state index is 12.1. The average Bonchev–Trinajstić information content (AvgIpc) is 2.88. The number of fused-ring (bicyclic) bond motifs is 1. The molecule has 0 unspecified atom stereocenters. The monoisotopic (exact) mass is 334 g/mol. The van der Waals surface area contributed by atoms with Crippen LogP contribution in [0.5, 0.6) is 0 Å². The van der Waals surface area contributed by atoms with Gasteiger partial charge in [-0.3, -0.25) is 13.9 Å². The largest absolute Gasteiger partial charge is 0.332 e. The van der Waals surface area contributed by atoms with Crippen molar-refractivity contribution < 1.29 is 0 Å². The standard InChI is InChI=1S/C13H11BrN4O2/c1-17-11-9(12(19)18(2)13(17)20)15-10(16-11)7-5-3-4-6-8(7)14/h3-6H,1-2H3,(H,15,16). The second kappa shape index (κ2) is 4.45. The molecule has 0 atom stereocenters. The molecule has 2 heterocycles. The maximum atomic E-state index is 12.1. The second-order valence-electron chi connectivity index (χ2n) is 4.47. The van der Waals surface area contributed by atoms with Gasteiger partial charge < -0.3 is 4.98 Å². The molecular formula is C13H11BrN4O2. The van der Waals surface area contributed by atoms with E-state index in [0.717, 1.165) is 14.6 Å². The third-order valence-corrected chi connectivity index (χ3v) is 3.92. The van der Waals surface area contributed by atoms with Crippen molar-refractivity contribution in [2.24, 2.45) is 14.1 Å². The van der Waals surface area contributed by atoms with Crippen molar-refractivity contribution in [1.29, 1.82) is 0 Å². The molecule has 2 aromatic heterocycles. The van der Waals surface area contributed by atoms with Gasteiger partial charge in [0.15, 0.2) is 5.65 Å². The first-order chi connectivity index (χ1) is 9.50. The minimum absolute atomic E-state index is 0.320. The summed E-state index contributed by atoms with van der Waals surface area (Å²) in [6.45, 7) is 0. The summed E-state index contributed by atoms with van der Waals surface area (Å²) in [5.74, 6) is 0.547. The molecule has 3 rings (SSSR count). The summed E-state index contributed by atoms with van der Waals surface area (Å²) in [4.78, 5) is 31.3. The second-order valence-corrected chi connectivity index (χ2v) is 5.32. The van der Waals surface area contributed by atoms with E-state index in [0.29, 0.717) is 17.0 Å². The zero-order valence-electron chi connectivity index (χ0n) is 10.8. The number of hydrogen-bond acceptors (Lipinski definition) is 3. The Morgan fingerprint density at radius 1 is 1.15 bits per heavy atom. The van der Waals surface area contributed by atoms with Crippen LogP contribution in [-0.4, -0.2) is 19.1 Å². The van der Waals surface area contributed by atoms with Crippen LogP contribution in [-0.2, 0) is 14.1 Å². The van der Waals surface area contributed by atoms with Crippen LogP contribution < -0.4 is 11.2 Å². The normalized spacial score (nSPS) is 11.2. The SMILES string of the molecule is Cn1c(=O)c2[nH]c(-c3ccccc3Br)nc2n(C)c1=O. The molecule has 0 saturated heterocycles. The summed E-state index contributed by atoms with van der Waals surface area (Å²) in [5, 5.41) is 0. The predicted octanol–water partition coefficient (Wildman–Crippen LogP) is 1.39. The van der Waals surface area contributed by atoms with Crippen molar-refractivity contribution in [3.8, 4) is 11.4 Å². The van der Waals surface area contributed by atoms with Crippen LogP contribution in [0.25, 0.3) is 22.6 Å². The molecular weight excluding hydrogens is 324 g/mol. The quantitative estimate of drug-likeness (QED) is 0.730. The van der Waals surface area contributed by atoms with Crippen LogP contribution in [0.1, 0.15) is 0 Å². The molecule has 0 fully saturated rings. The molecule has 0 aliphatic rings. The summed E-state index contributed by atoms with van der Waals surface area (Å²) in [6.07, 6.45) is 0. The smallest absolute Gasteiger partial charge is 0.332 e. The number of nitrogens with zero attached hydrogens (tertiary/aromatic N) is 3. The molecule has 102 valence electrons. The minimum Gasteiger partial charge on any atom is -0.332 e. The van der Waals surface area contributed by atoms with Crippen LogP contribution in [0.3, 0.4) is 0 Å². The van der Waals surface area contributed by atoms with E-state index in [2.05, 4.69) is 25.9 Å². The van der Waals surface area contributed by atoms with E-state index >= 15 is 0 Å². The van der Waals surface area contributed by atoms with Crippen molar-refractivity contribution >= 4 is 27.1 Å². The summed E-state index contributed by atoms with van der Waals surface area (Å²) in [5.41, 5.74) is 0.726. The Bertz CT molecular complexity index is 936. The lowest BCUT2D eigenvalue weighted by atomic mass is 10.2. The minimum atomic E-state index is -0.396. The molecule has 0 radical (unpaired) electrons. The molecule has 1 aromatic carbocycles. The van der Waals surface area contributed by atoms with Crippen LogP contribution in [0.15, 0.2) is 38.3 Å². The van der Waals surface area contributed by atoms with Crippen molar-refractivity contribution in [3.63, 3.8) is 0 Å². The van der Waals surface area contributed by atoms with Gasteiger partial charge >= 0.3 is 5.69 Å². The van der Waals surface area contributed by atoms with Crippen LogP contribution in [0.4, 0.5) is 0 Å². The highest BCUT2D eigenvalue weighted by molar-refractivity contribution is 9.10. The van der Waals surface area contributed by atoms with Gasteiger partial charge in [-0.05, 0) is 6.07 Å². The topological polar surface area (TPSA) is 72.7 Å². The van der Waals surface area contributed by atoms with Gasteiger partial charge in [-0.1, -0.05) is 34.1 Å². The number of halogens is 1. The Hall–Kier alpha value is -2.15. The van der Waals surface area contributed by atoms with Crippen molar-refractivity contribution in [3.05, 3.63) is 49.6 Å². The van der Waals surface area contributed by atoms with Crippen molar-refractivity contribution in [1.82, 2.24) is 19.1 Å². The van der Waals surface area contributed by atoms with Crippen LogP contribution in [0.2, 0.25) is 0 Å². The van der Waals surface area contributed by atoms with Gasteiger partial charge in [0, 0.05) is 24.1 Å². The van der Waals surface area contributed by atoms with E-state index in [4.69, 9.17) is 0 Å². The molecule has 0 saturated carbocycles. The van der Waals surface area contributed by atoms with E-state index in [1.807, 2.05) is 24.3 Å². The first-order valence-electron chi connectivity index (χ1n) is 5.91. The number of aromatic nitrogens is 4. The fourth-order valence-corrected chi connectivity index (χ4v) is 2.58. The first-order valence-corrected chi connectivity index (χ1v) is 6.70. The van der Waals surface area contributed by atoms with E-state index in [-0.39, 0.29) is 5.56 Å². The molecule has 0 aliphatic heterocycles. The summed E-state index contributed by atoms with van der Waals surface area (Å²) >= 11 is 3.44. The zero-order chi connectivity index (χ0) is 14.4. The van der Waals surface area contributed by atoms with Gasteiger partial charge in [0.2, 0.25) is 0 Å². The Kier molecular flexibility index (Phi) is 2.86. The maximum Gasteiger partial charge on any atom is 0.332 e. The van der Waals surface area contributed by atoms with E-state index < -0.39 is 5.69 Å². The van der Waals surface area contributed by atoms with Gasteiger partial charge in [0.1, 0.15) is 11.3 Å². The Labute approximate surface area is 121 Å². The fraction of sp³-hybridized carbons (Fsp3) is 0.154. The molecule has 1 N–H and O–H groups in total. The molecule has 7 heteroatoms. The fourth-order valence-electron chi connectivity index (χ4n) is 2.11. The van der Waals surface area contributed by atoms with Gasteiger partial charge in [-0.2, -0.15) is 0 Å². The lowest BCUT2D eigenvalue weighted by molar-refractivity contribution is 0.709. The molecule has 0 spiro atoms. The number of hydrogen-bond donors (Lipinski definition) is 1. The molecule has 0 amide bonds. The van der Waals surface area contributed by atoms with Crippen LogP contribution in [0, 0.1) is 0 Å². The number of benzene rings is 1. The first kappa shape index (κ1) is 12.9. The Morgan fingerprint density at radius 3 is 2.55 bits per heavy atom. The van der Waals surface area contributed by atoms with Gasteiger partial charge in [0.25, 0.3) is 5.56 Å². The highest BCUT2D eigenvalue weighted by atomic mass is 79.9. The average molecular weight is 335 g/mol. The van der Waals surface area contributed by atoms with Crippen molar-refractivity contribution in [2.75, 3.05) is 0 Å². The number of aromatic amines is 1. The van der Waals surface area contributed by atoms with E-state index in [1.54, 1.807) is 7.05 Å². The molecule has 0 aliphatic carbocycles. The third kappa shape index (κ3) is 1.74. The molecule has 0 bridgehead atoms. The van der Waals surface area contributed by atoms with Gasteiger partial charge in [-0.15, -0.1) is 0 Å². The molecule has 3 aromatic rings. The Balaban J connectivity index is 2.41. The van der Waals surface area contributed by atoms with Gasteiger partial charge in [-0.25, -0.2) is 9.78 Å². The molecule has 6 nitrogen and oxygen atoms in total. The number of imidazole rings is 1. The zero-order valence-corrected chi connectivity index (χ0v) is 12.4. The van der Waals surface area contributed by atoms with E-state index in [1.165, 1.54) is 11.6 Å². The third-order valence-electron chi connectivity index (χ3n) is 3.22. The summed E-state index contributed by atoms with van der Waals surface area (Å²) in [6, 6.07) is 7.54. The lowest BCUT2D eigenvalue weighted by Crippen LogP contribution is -2.36. The number of nitrogens with one attached hydrogen (secondary N) is 1. The number of rotatable bonds is 1. The number of aryl methyl sites for hydroxylation is 1. The highest BCUT2D eigenvalue weighted by Gasteiger charge is 2.15. The lowest BCUT2D eigenvalue weighted by Gasteiger charge is -2.00. The number of H-pyrrole nitrogens is 1.